The number of hydrogen-bond acceptors (Lipinski definition) is 2. The van der Waals surface area contributed by atoms with Crippen molar-refractivity contribution in [1.82, 2.24) is 9.78 Å². The average molecular weight is 176 g/mol. The molecule has 0 saturated heterocycles. The molecule has 0 aromatic carbocycles. The van der Waals surface area contributed by atoms with Gasteiger partial charge in [-0.2, -0.15) is 5.10 Å². The Morgan fingerprint density at radius 1 is 1.73 bits per heavy atom. The zero-order valence-electron chi connectivity index (χ0n) is 6.82. The predicted molar refractivity (Wildman–Crippen MR) is 47.9 cm³/mol. The van der Waals surface area contributed by atoms with Crippen LogP contribution in [0.15, 0.2) is 12.3 Å². The molecule has 11 heavy (non-hydrogen) atoms. The molecular formula is C7H14ClN3. The van der Waals surface area contributed by atoms with Gasteiger partial charge < -0.3 is 5.73 Å². The number of aryl methyl sites for hydroxylation is 1. The largest absolute Gasteiger partial charge is 0.326 e. The number of hydrogen-bond donors (Lipinski definition) is 1. The Kier molecular flexibility index (Phi) is 4.15. The maximum atomic E-state index is 5.57. The van der Waals surface area contributed by atoms with Gasteiger partial charge in [-0.3, -0.25) is 4.68 Å². The highest BCUT2D eigenvalue weighted by Gasteiger charge is 1.96. The van der Waals surface area contributed by atoms with Crippen LogP contribution in [-0.2, 0) is 6.54 Å². The van der Waals surface area contributed by atoms with Crippen molar-refractivity contribution in [2.75, 3.05) is 0 Å². The molecule has 1 heterocycles. The molecule has 1 unspecified atom stereocenters. The highest BCUT2D eigenvalue weighted by Crippen LogP contribution is 1.92. The topological polar surface area (TPSA) is 43.8 Å². The van der Waals surface area contributed by atoms with E-state index < -0.39 is 0 Å². The zero-order valence-corrected chi connectivity index (χ0v) is 7.64. The maximum absolute atomic E-state index is 5.57. The van der Waals surface area contributed by atoms with E-state index in [1.807, 2.05) is 30.8 Å². The first-order valence-electron chi connectivity index (χ1n) is 3.44. The number of nitrogens with zero attached hydrogens (tertiary/aromatic N) is 2. The van der Waals surface area contributed by atoms with Gasteiger partial charge >= 0.3 is 0 Å². The highest BCUT2D eigenvalue weighted by molar-refractivity contribution is 5.85. The molecule has 0 aliphatic rings. The second-order valence-corrected chi connectivity index (χ2v) is 2.66. The monoisotopic (exact) mass is 175 g/mol. The summed E-state index contributed by atoms with van der Waals surface area (Å²) in [7, 11) is 0. The summed E-state index contributed by atoms with van der Waals surface area (Å²) < 4.78 is 1.86. The van der Waals surface area contributed by atoms with E-state index in [9.17, 15) is 0 Å². The van der Waals surface area contributed by atoms with Crippen LogP contribution in [0.1, 0.15) is 12.6 Å². The molecule has 64 valence electrons. The molecule has 0 bridgehead atoms. The predicted octanol–water partition coefficient (Wildman–Crippen LogP) is 0.961. The first kappa shape index (κ1) is 10.5. The van der Waals surface area contributed by atoms with Crippen molar-refractivity contribution in [2.24, 2.45) is 5.73 Å². The lowest BCUT2D eigenvalue weighted by atomic mass is 10.4. The number of rotatable bonds is 2. The maximum Gasteiger partial charge on any atom is 0.0593 e. The number of halogens is 1. The van der Waals surface area contributed by atoms with E-state index in [4.69, 9.17) is 5.73 Å². The van der Waals surface area contributed by atoms with Crippen molar-refractivity contribution in [3.05, 3.63) is 18.0 Å². The van der Waals surface area contributed by atoms with E-state index in [2.05, 4.69) is 5.10 Å². The summed E-state index contributed by atoms with van der Waals surface area (Å²) in [5.74, 6) is 0. The normalized spacial score (nSPS) is 12.3. The SMILES string of the molecule is Cc1ccn(CC(C)N)n1.Cl. The molecule has 0 fully saturated rings. The fourth-order valence-corrected chi connectivity index (χ4v) is 0.860. The summed E-state index contributed by atoms with van der Waals surface area (Å²) in [6.07, 6.45) is 1.94. The first-order chi connectivity index (χ1) is 4.68. The van der Waals surface area contributed by atoms with Gasteiger partial charge in [0.05, 0.1) is 12.2 Å². The van der Waals surface area contributed by atoms with Crippen molar-refractivity contribution < 1.29 is 0 Å². The average Bonchev–Trinajstić information content (AvgIpc) is 2.13. The molecule has 0 amide bonds. The van der Waals surface area contributed by atoms with Gasteiger partial charge in [-0.15, -0.1) is 12.4 Å². The van der Waals surface area contributed by atoms with Crippen molar-refractivity contribution in [3.63, 3.8) is 0 Å². The third-order valence-corrected chi connectivity index (χ3v) is 1.25. The molecule has 1 aromatic rings. The summed E-state index contributed by atoms with van der Waals surface area (Å²) in [5, 5.41) is 4.19. The van der Waals surface area contributed by atoms with Gasteiger partial charge in [-0.25, -0.2) is 0 Å². The Hall–Kier alpha value is -0.540. The number of nitrogens with two attached hydrogens (primary N) is 1. The van der Waals surface area contributed by atoms with Gasteiger partial charge in [0.2, 0.25) is 0 Å². The van der Waals surface area contributed by atoms with E-state index in [0.717, 1.165) is 12.2 Å². The molecule has 0 saturated carbocycles. The van der Waals surface area contributed by atoms with Crippen LogP contribution in [0.5, 0.6) is 0 Å². The highest BCUT2D eigenvalue weighted by atomic mass is 35.5. The van der Waals surface area contributed by atoms with Gasteiger partial charge in [-0.05, 0) is 19.9 Å². The quantitative estimate of drug-likeness (QED) is 0.728. The molecular weight excluding hydrogens is 162 g/mol. The van der Waals surface area contributed by atoms with E-state index in [1.54, 1.807) is 0 Å². The van der Waals surface area contributed by atoms with E-state index >= 15 is 0 Å². The van der Waals surface area contributed by atoms with Gasteiger partial charge in [0, 0.05) is 12.2 Å². The molecule has 1 aromatic heterocycles. The molecule has 1 atom stereocenters. The second kappa shape index (κ2) is 4.36. The van der Waals surface area contributed by atoms with Crippen LogP contribution in [0.4, 0.5) is 0 Å². The Balaban J connectivity index is 0.000001000. The molecule has 1 rings (SSSR count). The van der Waals surface area contributed by atoms with Crippen molar-refractivity contribution >= 4 is 12.4 Å². The molecule has 3 nitrogen and oxygen atoms in total. The standard InChI is InChI=1S/C7H13N3.ClH/c1-6(8)5-10-4-3-7(2)9-10;/h3-4,6H,5,8H2,1-2H3;1H. The molecule has 4 heteroatoms. The van der Waals surface area contributed by atoms with Crippen molar-refractivity contribution in [1.29, 1.82) is 0 Å². The van der Waals surface area contributed by atoms with Gasteiger partial charge in [0.15, 0.2) is 0 Å². The van der Waals surface area contributed by atoms with E-state index in [1.165, 1.54) is 0 Å². The van der Waals surface area contributed by atoms with E-state index in [0.29, 0.717) is 0 Å². The fourth-order valence-electron chi connectivity index (χ4n) is 0.860. The number of aromatic nitrogens is 2. The van der Waals surface area contributed by atoms with Crippen LogP contribution in [0, 0.1) is 6.92 Å². The van der Waals surface area contributed by atoms with Crippen LogP contribution in [0.25, 0.3) is 0 Å². The third-order valence-electron chi connectivity index (χ3n) is 1.25. The summed E-state index contributed by atoms with van der Waals surface area (Å²) in [4.78, 5) is 0. The Bertz CT molecular complexity index is 207. The summed E-state index contributed by atoms with van der Waals surface area (Å²) in [5.41, 5.74) is 6.62. The molecule has 0 aliphatic heterocycles. The van der Waals surface area contributed by atoms with Crippen LogP contribution >= 0.6 is 12.4 Å². The lowest BCUT2D eigenvalue weighted by molar-refractivity contribution is 0.536. The van der Waals surface area contributed by atoms with Crippen LogP contribution in [0.3, 0.4) is 0 Å². The molecule has 0 radical (unpaired) electrons. The van der Waals surface area contributed by atoms with Gasteiger partial charge in [0.25, 0.3) is 0 Å². The summed E-state index contributed by atoms with van der Waals surface area (Å²) in [6, 6.07) is 2.15. The first-order valence-corrected chi connectivity index (χ1v) is 3.44. The van der Waals surface area contributed by atoms with Gasteiger partial charge in [-0.1, -0.05) is 0 Å². The Morgan fingerprint density at radius 3 is 2.73 bits per heavy atom. The lowest BCUT2D eigenvalue weighted by Gasteiger charge is -2.03. The molecule has 0 aliphatic carbocycles. The van der Waals surface area contributed by atoms with Crippen LogP contribution in [-0.4, -0.2) is 15.8 Å². The van der Waals surface area contributed by atoms with Crippen LogP contribution in [0.2, 0.25) is 0 Å². The summed E-state index contributed by atoms with van der Waals surface area (Å²) in [6.45, 7) is 4.74. The molecule has 0 spiro atoms. The summed E-state index contributed by atoms with van der Waals surface area (Å²) >= 11 is 0. The third kappa shape index (κ3) is 3.39. The van der Waals surface area contributed by atoms with Crippen molar-refractivity contribution in [2.45, 2.75) is 26.4 Å². The smallest absolute Gasteiger partial charge is 0.0593 e. The minimum Gasteiger partial charge on any atom is -0.326 e. The van der Waals surface area contributed by atoms with E-state index in [-0.39, 0.29) is 18.4 Å². The zero-order chi connectivity index (χ0) is 7.56. The molecule has 2 N–H and O–H groups in total. The minimum atomic E-state index is 0. The second-order valence-electron chi connectivity index (χ2n) is 2.66. The van der Waals surface area contributed by atoms with Crippen molar-refractivity contribution in [3.8, 4) is 0 Å². The van der Waals surface area contributed by atoms with Crippen LogP contribution < -0.4 is 5.73 Å². The fraction of sp³-hybridized carbons (Fsp3) is 0.571. The lowest BCUT2D eigenvalue weighted by Crippen LogP contribution is -2.22. The minimum absolute atomic E-state index is 0. The Morgan fingerprint density at radius 2 is 2.36 bits per heavy atom. The Labute approximate surface area is 73.0 Å². The van der Waals surface area contributed by atoms with Gasteiger partial charge in [0.1, 0.15) is 0 Å².